The summed E-state index contributed by atoms with van der Waals surface area (Å²) in [7, 11) is 3.04. The maximum absolute atomic E-state index is 11.8. The normalized spacial score (nSPS) is 15.7. The van der Waals surface area contributed by atoms with Gasteiger partial charge in [0.25, 0.3) is 5.56 Å². The summed E-state index contributed by atoms with van der Waals surface area (Å²) in [4.78, 5) is 22.3. The first-order chi connectivity index (χ1) is 11.0. The Kier molecular flexibility index (Phi) is 5.66. The lowest BCUT2D eigenvalue weighted by Crippen LogP contribution is -2.38. The van der Waals surface area contributed by atoms with Gasteiger partial charge in [-0.25, -0.2) is 4.98 Å². The number of nitrogen functional groups attached to an aromatic ring is 1. The van der Waals surface area contributed by atoms with Gasteiger partial charge in [0.1, 0.15) is 18.4 Å². The van der Waals surface area contributed by atoms with E-state index in [1.165, 1.54) is 20.5 Å². The molecule has 2 aromatic rings. The smallest absolute Gasteiger partial charge is 0.280 e. The van der Waals surface area contributed by atoms with E-state index in [1.807, 2.05) is 0 Å². The molecular formula is C13H21N5O5. The van der Waals surface area contributed by atoms with Crippen LogP contribution >= 0.6 is 0 Å². The monoisotopic (exact) mass is 327 g/mol. The molecule has 3 atom stereocenters. The van der Waals surface area contributed by atoms with E-state index in [-0.39, 0.29) is 24.7 Å². The van der Waals surface area contributed by atoms with Gasteiger partial charge in [-0.05, 0) is 6.92 Å². The molecule has 2 heterocycles. The maximum atomic E-state index is 11.8. The summed E-state index contributed by atoms with van der Waals surface area (Å²) < 4.78 is 17.7. The predicted molar refractivity (Wildman–Crippen MR) is 81.9 cm³/mol. The predicted octanol–water partition coefficient (Wildman–Crippen LogP) is -0.741. The Hall–Kier alpha value is -2.01. The van der Waals surface area contributed by atoms with Crippen LogP contribution in [0.15, 0.2) is 11.1 Å². The van der Waals surface area contributed by atoms with Crippen molar-refractivity contribution in [2.45, 2.75) is 25.4 Å². The number of nitrogens with one attached hydrogen (secondary N) is 1. The van der Waals surface area contributed by atoms with E-state index >= 15 is 0 Å². The second-order valence-corrected chi connectivity index (χ2v) is 4.96. The van der Waals surface area contributed by atoms with E-state index in [1.54, 1.807) is 11.5 Å². The fourth-order valence-corrected chi connectivity index (χ4v) is 2.27. The number of aliphatic hydroxyl groups excluding tert-OH is 1. The standard InChI is InChI=1S/C13H21N5O5/c1-7(23-8(4-19)9(22-3)5-21-2)18-6-15-10-11(18)16-13(14)17-12(10)20/h6-9,19H,4-5H2,1-3H3,(H3,14,16,17,20). The lowest BCUT2D eigenvalue weighted by Gasteiger charge is -2.27. The van der Waals surface area contributed by atoms with Gasteiger partial charge in [-0.3, -0.25) is 14.3 Å². The van der Waals surface area contributed by atoms with Crippen molar-refractivity contribution >= 4 is 17.1 Å². The fourth-order valence-electron chi connectivity index (χ4n) is 2.27. The molecule has 0 fully saturated rings. The van der Waals surface area contributed by atoms with Crippen LogP contribution in [-0.4, -0.2) is 64.3 Å². The molecule has 0 aliphatic rings. The highest BCUT2D eigenvalue weighted by molar-refractivity contribution is 5.70. The van der Waals surface area contributed by atoms with Gasteiger partial charge in [-0.1, -0.05) is 0 Å². The number of nitrogens with zero attached hydrogens (tertiary/aromatic N) is 3. The minimum atomic E-state index is -0.619. The number of imidazole rings is 1. The number of nitrogens with two attached hydrogens (primary N) is 1. The number of aliphatic hydroxyl groups is 1. The highest BCUT2D eigenvalue weighted by Gasteiger charge is 2.25. The molecule has 10 heteroatoms. The van der Waals surface area contributed by atoms with Crippen LogP contribution in [0.2, 0.25) is 0 Å². The number of ether oxygens (including phenoxy) is 3. The van der Waals surface area contributed by atoms with Crippen molar-refractivity contribution in [3.05, 3.63) is 16.7 Å². The number of H-pyrrole nitrogens is 1. The Balaban J connectivity index is 2.26. The molecule has 23 heavy (non-hydrogen) atoms. The summed E-state index contributed by atoms with van der Waals surface area (Å²) in [6.07, 6.45) is -0.181. The summed E-state index contributed by atoms with van der Waals surface area (Å²) in [5.74, 6) is -0.00990. The molecule has 2 rings (SSSR count). The van der Waals surface area contributed by atoms with Crippen LogP contribution in [0.4, 0.5) is 5.95 Å². The molecule has 0 saturated heterocycles. The molecule has 0 bridgehead atoms. The maximum Gasteiger partial charge on any atom is 0.280 e. The van der Waals surface area contributed by atoms with Gasteiger partial charge < -0.3 is 25.1 Å². The largest absolute Gasteiger partial charge is 0.394 e. The number of aromatic amines is 1. The van der Waals surface area contributed by atoms with Gasteiger partial charge in [0.05, 0.1) is 19.5 Å². The molecule has 128 valence electrons. The third kappa shape index (κ3) is 3.67. The van der Waals surface area contributed by atoms with Gasteiger partial charge in [0.15, 0.2) is 11.2 Å². The Morgan fingerprint density at radius 2 is 2.17 bits per heavy atom. The molecule has 0 radical (unpaired) electrons. The summed E-state index contributed by atoms with van der Waals surface area (Å²) in [5.41, 5.74) is 5.60. The Morgan fingerprint density at radius 1 is 1.43 bits per heavy atom. The quantitative estimate of drug-likeness (QED) is 0.576. The van der Waals surface area contributed by atoms with Gasteiger partial charge in [-0.15, -0.1) is 0 Å². The first-order valence-electron chi connectivity index (χ1n) is 7.02. The summed E-state index contributed by atoms with van der Waals surface area (Å²) in [6, 6.07) is 0. The van der Waals surface area contributed by atoms with Crippen LogP contribution in [0.3, 0.4) is 0 Å². The van der Waals surface area contributed by atoms with Crippen LogP contribution in [-0.2, 0) is 14.2 Å². The lowest BCUT2D eigenvalue weighted by molar-refractivity contribution is -0.138. The zero-order chi connectivity index (χ0) is 17.0. The second-order valence-electron chi connectivity index (χ2n) is 4.96. The van der Waals surface area contributed by atoms with E-state index < -0.39 is 24.0 Å². The van der Waals surface area contributed by atoms with Crippen molar-refractivity contribution < 1.29 is 19.3 Å². The van der Waals surface area contributed by atoms with E-state index in [0.29, 0.717) is 5.65 Å². The number of hydrogen-bond acceptors (Lipinski definition) is 8. The molecule has 0 amide bonds. The zero-order valence-corrected chi connectivity index (χ0v) is 13.2. The molecule has 10 nitrogen and oxygen atoms in total. The average Bonchev–Trinajstić information content (AvgIpc) is 2.94. The van der Waals surface area contributed by atoms with E-state index in [0.717, 1.165) is 0 Å². The highest BCUT2D eigenvalue weighted by Crippen LogP contribution is 2.18. The number of aromatic nitrogens is 4. The fraction of sp³-hybridized carbons (Fsp3) is 0.615. The van der Waals surface area contributed by atoms with Gasteiger partial charge in [0.2, 0.25) is 5.95 Å². The topological polar surface area (TPSA) is 138 Å². The summed E-state index contributed by atoms with van der Waals surface area (Å²) in [5, 5.41) is 9.53. The summed E-state index contributed by atoms with van der Waals surface area (Å²) in [6.45, 7) is 1.75. The number of methoxy groups -OCH3 is 2. The number of fused-ring (bicyclic) bond motifs is 1. The van der Waals surface area contributed by atoms with Crippen molar-refractivity contribution in [3.63, 3.8) is 0 Å². The van der Waals surface area contributed by atoms with Crippen LogP contribution in [0.25, 0.3) is 11.2 Å². The third-order valence-corrected chi connectivity index (χ3v) is 3.44. The summed E-state index contributed by atoms with van der Waals surface area (Å²) >= 11 is 0. The Labute approximate surface area is 132 Å². The van der Waals surface area contributed by atoms with E-state index in [9.17, 15) is 9.90 Å². The SMILES string of the molecule is COCC(OC)C(CO)OC(C)n1cnc2c(=O)[nH]c(N)nc21. The van der Waals surface area contributed by atoms with Gasteiger partial charge >= 0.3 is 0 Å². The zero-order valence-electron chi connectivity index (χ0n) is 13.2. The van der Waals surface area contributed by atoms with Crippen LogP contribution in [0.5, 0.6) is 0 Å². The molecule has 3 unspecified atom stereocenters. The molecule has 4 N–H and O–H groups in total. The van der Waals surface area contributed by atoms with Crippen molar-refractivity contribution in [3.8, 4) is 0 Å². The van der Waals surface area contributed by atoms with Gasteiger partial charge in [0, 0.05) is 14.2 Å². The second kappa shape index (κ2) is 7.51. The van der Waals surface area contributed by atoms with E-state index in [2.05, 4.69) is 15.0 Å². The molecular weight excluding hydrogens is 306 g/mol. The Morgan fingerprint density at radius 3 is 2.78 bits per heavy atom. The molecule has 0 saturated carbocycles. The first kappa shape index (κ1) is 17.3. The van der Waals surface area contributed by atoms with Crippen LogP contribution < -0.4 is 11.3 Å². The minimum Gasteiger partial charge on any atom is -0.394 e. The third-order valence-electron chi connectivity index (χ3n) is 3.44. The van der Waals surface area contributed by atoms with Crippen molar-refractivity contribution in [1.82, 2.24) is 19.5 Å². The number of hydrogen-bond donors (Lipinski definition) is 3. The van der Waals surface area contributed by atoms with Crippen LogP contribution in [0, 0.1) is 0 Å². The van der Waals surface area contributed by atoms with Crippen molar-refractivity contribution in [2.24, 2.45) is 0 Å². The van der Waals surface area contributed by atoms with Gasteiger partial charge in [-0.2, -0.15) is 4.98 Å². The molecule has 0 aromatic carbocycles. The number of rotatable bonds is 8. The van der Waals surface area contributed by atoms with Crippen molar-refractivity contribution in [2.75, 3.05) is 33.2 Å². The first-order valence-corrected chi connectivity index (χ1v) is 7.02. The number of anilines is 1. The molecule has 0 spiro atoms. The Bertz CT molecular complexity index is 700. The lowest BCUT2D eigenvalue weighted by atomic mass is 10.2. The van der Waals surface area contributed by atoms with E-state index in [4.69, 9.17) is 19.9 Å². The average molecular weight is 327 g/mol. The molecule has 0 aliphatic heterocycles. The highest BCUT2D eigenvalue weighted by atomic mass is 16.6. The minimum absolute atomic E-state index is 0.00990. The van der Waals surface area contributed by atoms with Crippen molar-refractivity contribution in [1.29, 1.82) is 0 Å². The van der Waals surface area contributed by atoms with Crippen LogP contribution in [0.1, 0.15) is 13.2 Å². The molecule has 0 aliphatic carbocycles. The molecule has 2 aromatic heterocycles.